The van der Waals surface area contributed by atoms with Gasteiger partial charge in [0.25, 0.3) is 0 Å². The van der Waals surface area contributed by atoms with Crippen molar-refractivity contribution >= 4 is 17.3 Å². The van der Waals surface area contributed by atoms with Crippen LogP contribution in [0.4, 0.5) is 17.3 Å². The lowest BCUT2D eigenvalue weighted by atomic mass is 10.00. The molecule has 1 aliphatic rings. The minimum Gasteiger partial charge on any atom is -0.352 e. The number of hydrogen-bond acceptors (Lipinski definition) is 4. The molecule has 2 heterocycles. The number of aromatic nitrogens is 2. The van der Waals surface area contributed by atoms with Crippen molar-refractivity contribution in [3.63, 3.8) is 0 Å². The lowest BCUT2D eigenvalue weighted by Crippen LogP contribution is -2.31. The lowest BCUT2D eigenvalue weighted by molar-refractivity contribution is 0.719. The van der Waals surface area contributed by atoms with Crippen LogP contribution in [0.3, 0.4) is 0 Å². The molecular formula is C21H22N4. The predicted octanol–water partition coefficient (Wildman–Crippen LogP) is 4.40. The van der Waals surface area contributed by atoms with Crippen LogP contribution >= 0.6 is 0 Å². The molecule has 1 aromatic heterocycles. The molecule has 1 aliphatic heterocycles. The van der Waals surface area contributed by atoms with Crippen LogP contribution in [0.5, 0.6) is 0 Å². The Morgan fingerprint density at radius 1 is 0.920 bits per heavy atom. The lowest BCUT2D eigenvalue weighted by Gasteiger charge is -2.29. The normalized spacial score (nSPS) is 13.4. The number of rotatable bonds is 3. The average molecular weight is 330 g/mol. The fourth-order valence-corrected chi connectivity index (χ4v) is 3.25. The van der Waals surface area contributed by atoms with E-state index in [1.54, 1.807) is 6.33 Å². The van der Waals surface area contributed by atoms with Gasteiger partial charge in [-0.2, -0.15) is 0 Å². The van der Waals surface area contributed by atoms with E-state index in [4.69, 9.17) is 0 Å². The summed E-state index contributed by atoms with van der Waals surface area (Å²) in [4.78, 5) is 11.2. The molecule has 0 saturated heterocycles. The van der Waals surface area contributed by atoms with Crippen LogP contribution in [0, 0.1) is 13.8 Å². The third kappa shape index (κ3) is 3.33. The van der Waals surface area contributed by atoms with Gasteiger partial charge >= 0.3 is 0 Å². The third-order valence-corrected chi connectivity index (χ3v) is 4.89. The van der Waals surface area contributed by atoms with Crippen molar-refractivity contribution in [1.29, 1.82) is 0 Å². The van der Waals surface area contributed by atoms with Crippen molar-refractivity contribution in [3.05, 3.63) is 77.1 Å². The SMILES string of the molecule is Cc1ccc(Nc2cc(N3CCc4ccccc4C3)ncn2)cc1C. The largest absolute Gasteiger partial charge is 0.352 e. The molecular weight excluding hydrogens is 308 g/mol. The van der Waals surface area contributed by atoms with Gasteiger partial charge in [-0.05, 0) is 54.7 Å². The van der Waals surface area contributed by atoms with Gasteiger partial charge in [-0.1, -0.05) is 30.3 Å². The van der Waals surface area contributed by atoms with Crippen LogP contribution < -0.4 is 10.2 Å². The summed E-state index contributed by atoms with van der Waals surface area (Å²) >= 11 is 0. The summed E-state index contributed by atoms with van der Waals surface area (Å²) in [6.45, 7) is 6.13. The Bertz CT molecular complexity index is 904. The molecule has 0 atom stereocenters. The molecule has 0 unspecified atom stereocenters. The van der Waals surface area contributed by atoms with Gasteiger partial charge < -0.3 is 10.2 Å². The fraction of sp³-hybridized carbons (Fsp3) is 0.238. The predicted molar refractivity (Wildman–Crippen MR) is 102 cm³/mol. The molecule has 0 spiro atoms. The molecule has 0 aliphatic carbocycles. The first-order chi connectivity index (χ1) is 12.2. The Kier molecular flexibility index (Phi) is 4.10. The summed E-state index contributed by atoms with van der Waals surface area (Å²) < 4.78 is 0. The smallest absolute Gasteiger partial charge is 0.135 e. The second-order valence-corrected chi connectivity index (χ2v) is 6.63. The first-order valence-corrected chi connectivity index (χ1v) is 8.67. The van der Waals surface area contributed by atoms with Gasteiger partial charge in [0.15, 0.2) is 0 Å². The Balaban J connectivity index is 1.55. The van der Waals surface area contributed by atoms with Crippen molar-refractivity contribution in [2.45, 2.75) is 26.8 Å². The van der Waals surface area contributed by atoms with Gasteiger partial charge in [-0.25, -0.2) is 9.97 Å². The van der Waals surface area contributed by atoms with Crippen molar-refractivity contribution in [1.82, 2.24) is 9.97 Å². The first-order valence-electron chi connectivity index (χ1n) is 8.67. The minimum absolute atomic E-state index is 0.826. The fourth-order valence-electron chi connectivity index (χ4n) is 3.25. The molecule has 0 amide bonds. The first kappa shape index (κ1) is 15.6. The van der Waals surface area contributed by atoms with Crippen molar-refractivity contribution < 1.29 is 0 Å². The molecule has 0 bridgehead atoms. The van der Waals surface area contributed by atoms with E-state index in [0.717, 1.165) is 36.8 Å². The van der Waals surface area contributed by atoms with Crippen LogP contribution in [0.1, 0.15) is 22.3 Å². The van der Waals surface area contributed by atoms with E-state index in [1.807, 2.05) is 6.07 Å². The number of nitrogens with zero attached hydrogens (tertiary/aromatic N) is 3. The summed E-state index contributed by atoms with van der Waals surface area (Å²) in [7, 11) is 0. The van der Waals surface area contributed by atoms with Gasteiger partial charge in [-0.15, -0.1) is 0 Å². The quantitative estimate of drug-likeness (QED) is 0.773. The van der Waals surface area contributed by atoms with Gasteiger partial charge in [0.05, 0.1) is 0 Å². The molecule has 0 saturated carbocycles. The number of nitrogens with one attached hydrogen (secondary N) is 1. The number of anilines is 3. The zero-order chi connectivity index (χ0) is 17.2. The second kappa shape index (κ2) is 6.55. The van der Waals surface area contributed by atoms with Crippen molar-refractivity contribution in [2.75, 3.05) is 16.8 Å². The minimum atomic E-state index is 0.826. The maximum absolute atomic E-state index is 4.48. The number of fused-ring (bicyclic) bond motifs is 1. The van der Waals surface area contributed by atoms with E-state index in [0.29, 0.717) is 0 Å². The van der Waals surface area contributed by atoms with Crippen LogP contribution in [0.25, 0.3) is 0 Å². The van der Waals surface area contributed by atoms with Crippen LogP contribution in [0.15, 0.2) is 54.9 Å². The summed E-state index contributed by atoms with van der Waals surface area (Å²) in [5, 5.41) is 3.39. The molecule has 3 aromatic rings. The second-order valence-electron chi connectivity index (χ2n) is 6.63. The van der Waals surface area contributed by atoms with Gasteiger partial charge in [0, 0.05) is 24.8 Å². The van der Waals surface area contributed by atoms with Crippen LogP contribution in [-0.2, 0) is 13.0 Å². The Morgan fingerprint density at radius 2 is 1.76 bits per heavy atom. The molecule has 0 radical (unpaired) electrons. The molecule has 2 aromatic carbocycles. The number of aryl methyl sites for hydroxylation is 2. The highest BCUT2D eigenvalue weighted by Gasteiger charge is 2.17. The van der Waals surface area contributed by atoms with E-state index < -0.39 is 0 Å². The standard InChI is InChI=1S/C21H22N4/c1-15-7-8-19(11-16(15)2)24-20-12-21(23-14-22-20)25-10-9-17-5-3-4-6-18(17)13-25/h3-8,11-12,14H,9-10,13H2,1-2H3,(H,22,23,24). The highest BCUT2D eigenvalue weighted by atomic mass is 15.2. The van der Waals surface area contributed by atoms with Crippen molar-refractivity contribution in [2.24, 2.45) is 0 Å². The van der Waals surface area contributed by atoms with E-state index in [2.05, 4.69) is 76.5 Å². The zero-order valence-corrected chi connectivity index (χ0v) is 14.7. The monoisotopic (exact) mass is 330 g/mol. The summed E-state index contributed by atoms with van der Waals surface area (Å²) in [6, 6.07) is 17.0. The number of benzene rings is 2. The van der Waals surface area contributed by atoms with Crippen LogP contribution in [-0.4, -0.2) is 16.5 Å². The maximum Gasteiger partial charge on any atom is 0.135 e. The average Bonchev–Trinajstić information content (AvgIpc) is 2.65. The highest BCUT2D eigenvalue weighted by molar-refractivity contribution is 5.61. The Labute approximate surface area is 148 Å². The van der Waals surface area contributed by atoms with Gasteiger partial charge in [-0.3, -0.25) is 0 Å². The molecule has 25 heavy (non-hydrogen) atoms. The third-order valence-electron chi connectivity index (χ3n) is 4.89. The molecule has 4 nitrogen and oxygen atoms in total. The number of hydrogen-bond donors (Lipinski definition) is 1. The zero-order valence-electron chi connectivity index (χ0n) is 14.7. The molecule has 126 valence electrons. The van der Waals surface area contributed by atoms with Crippen molar-refractivity contribution in [3.8, 4) is 0 Å². The maximum atomic E-state index is 4.48. The van der Waals surface area contributed by atoms with E-state index in [1.165, 1.54) is 22.3 Å². The van der Waals surface area contributed by atoms with Gasteiger partial charge in [0.2, 0.25) is 0 Å². The topological polar surface area (TPSA) is 41.0 Å². The Hall–Kier alpha value is -2.88. The highest BCUT2D eigenvalue weighted by Crippen LogP contribution is 2.25. The van der Waals surface area contributed by atoms with E-state index in [9.17, 15) is 0 Å². The molecule has 1 N–H and O–H groups in total. The molecule has 4 heteroatoms. The summed E-state index contributed by atoms with van der Waals surface area (Å²) in [5.74, 6) is 1.79. The van der Waals surface area contributed by atoms with E-state index in [-0.39, 0.29) is 0 Å². The summed E-state index contributed by atoms with van der Waals surface area (Å²) in [6.07, 6.45) is 2.69. The summed E-state index contributed by atoms with van der Waals surface area (Å²) in [5.41, 5.74) is 6.45. The van der Waals surface area contributed by atoms with Crippen LogP contribution in [0.2, 0.25) is 0 Å². The Morgan fingerprint density at radius 3 is 2.60 bits per heavy atom. The van der Waals surface area contributed by atoms with E-state index >= 15 is 0 Å². The molecule has 0 fully saturated rings. The molecule has 4 rings (SSSR count). The van der Waals surface area contributed by atoms with Gasteiger partial charge in [0.1, 0.15) is 18.0 Å².